The van der Waals surface area contributed by atoms with Crippen LogP contribution in [0.25, 0.3) is 0 Å². The van der Waals surface area contributed by atoms with E-state index < -0.39 is 5.41 Å². The third-order valence-corrected chi connectivity index (χ3v) is 4.06. The molecule has 0 atom stereocenters. The zero-order valence-corrected chi connectivity index (χ0v) is 15.5. The standard InChI is InChI=1S/C19H30N2O2/c1-12(2)8-9-20-17(22)19(6,7)18(23)21-16-14(4)10-13(3)11-15(16)5/h10-12H,8-9H2,1-7H3,(H,20,22)(H,21,23). The number of benzene rings is 1. The molecule has 0 aliphatic heterocycles. The fourth-order valence-corrected chi connectivity index (χ4v) is 2.45. The van der Waals surface area contributed by atoms with Crippen molar-refractivity contribution in [3.63, 3.8) is 0 Å². The van der Waals surface area contributed by atoms with Crippen molar-refractivity contribution in [1.82, 2.24) is 5.32 Å². The van der Waals surface area contributed by atoms with Gasteiger partial charge in [-0.1, -0.05) is 31.5 Å². The van der Waals surface area contributed by atoms with Gasteiger partial charge in [0.2, 0.25) is 11.8 Å². The maximum absolute atomic E-state index is 12.6. The van der Waals surface area contributed by atoms with Crippen LogP contribution in [-0.4, -0.2) is 18.4 Å². The van der Waals surface area contributed by atoms with E-state index in [2.05, 4.69) is 24.5 Å². The third kappa shape index (κ3) is 5.08. The van der Waals surface area contributed by atoms with Crippen LogP contribution >= 0.6 is 0 Å². The number of carbonyl (C=O) groups excluding carboxylic acids is 2. The van der Waals surface area contributed by atoms with Gasteiger partial charge in [0, 0.05) is 12.2 Å². The monoisotopic (exact) mass is 318 g/mol. The minimum Gasteiger partial charge on any atom is -0.355 e. The Morgan fingerprint density at radius 2 is 1.57 bits per heavy atom. The number of hydrogen-bond acceptors (Lipinski definition) is 2. The molecule has 4 heteroatoms. The molecule has 0 aromatic heterocycles. The molecule has 128 valence electrons. The van der Waals surface area contributed by atoms with Crippen LogP contribution in [0, 0.1) is 32.1 Å². The summed E-state index contributed by atoms with van der Waals surface area (Å²) in [7, 11) is 0. The van der Waals surface area contributed by atoms with Crippen molar-refractivity contribution in [1.29, 1.82) is 0 Å². The number of amides is 2. The predicted octanol–water partition coefficient (Wildman–Crippen LogP) is 3.74. The van der Waals surface area contributed by atoms with Crippen LogP contribution in [0.15, 0.2) is 12.1 Å². The fraction of sp³-hybridized carbons (Fsp3) is 0.579. The number of aryl methyl sites for hydroxylation is 3. The van der Waals surface area contributed by atoms with Crippen molar-refractivity contribution in [2.45, 2.75) is 54.9 Å². The molecular formula is C19H30N2O2. The molecule has 0 radical (unpaired) electrons. The van der Waals surface area contributed by atoms with Gasteiger partial charge in [0.15, 0.2) is 0 Å². The second-order valence-electron chi connectivity index (χ2n) is 7.29. The Balaban J connectivity index is 2.81. The van der Waals surface area contributed by atoms with Crippen LogP contribution < -0.4 is 10.6 Å². The van der Waals surface area contributed by atoms with Crippen LogP contribution in [0.5, 0.6) is 0 Å². The summed E-state index contributed by atoms with van der Waals surface area (Å²) in [6.45, 7) is 14.1. The highest BCUT2D eigenvalue weighted by Crippen LogP contribution is 2.25. The first-order chi connectivity index (χ1) is 10.6. The summed E-state index contributed by atoms with van der Waals surface area (Å²) in [5, 5.41) is 5.79. The van der Waals surface area contributed by atoms with E-state index in [1.165, 1.54) is 0 Å². The molecular weight excluding hydrogens is 288 g/mol. The lowest BCUT2D eigenvalue weighted by Crippen LogP contribution is -2.45. The lowest BCUT2D eigenvalue weighted by Gasteiger charge is -2.24. The maximum Gasteiger partial charge on any atom is 0.239 e. The SMILES string of the molecule is Cc1cc(C)c(NC(=O)C(C)(C)C(=O)NCCC(C)C)c(C)c1. The molecule has 0 bridgehead atoms. The van der Waals surface area contributed by atoms with E-state index in [1.807, 2.05) is 32.9 Å². The Morgan fingerprint density at radius 1 is 1.04 bits per heavy atom. The van der Waals surface area contributed by atoms with Gasteiger partial charge in [0.1, 0.15) is 5.41 Å². The quantitative estimate of drug-likeness (QED) is 0.785. The van der Waals surface area contributed by atoms with E-state index in [4.69, 9.17) is 0 Å². The lowest BCUT2D eigenvalue weighted by atomic mass is 9.90. The zero-order chi connectivity index (χ0) is 17.8. The molecule has 1 rings (SSSR count). The second kappa shape index (κ2) is 7.62. The van der Waals surface area contributed by atoms with Crippen molar-refractivity contribution < 1.29 is 9.59 Å². The minimum absolute atomic E-state index is 0.238. The molecule has 0 saturated carbocycles. The van der Waals surface area contributed by atoms with Crippen LogP contribution in [0.3, 0.4) is 0 Å². The Bertz CT molecular complexity index is 566. The minimum atomic E-state index is -1.11. The zero-order valence-electron chi connectivity index (χ0n) is 15.5. The summed E-state index contributed by atoms with van der Waals surface area (Å²) < 4.78 is 0. The first kappa shape index (κ1) is 19.2. The first-order valence-corrected chi connectivity index (χ1v) is 8.23. The van der Waals surface area contributed by atoms with E-state index in [0.29, 0.717) is 12.5 Å². The smallest absolute Gasteiger partial charge is 0.239 e. The van der Waals surface area contributed by atoms with Crippen molar-refractivity contribution in [2.24, 2.45) is 11.3 Å². The lowest BCUT2D eigenvalue weighted by molar-refractivity contribution is -0.138. The molecule has 1 aromatic rings. The van der Waals surface area contributed by atoms with Gasteiger partial charge in [-0.3, -0.25) is 9.59 Å². The summed E-state index contributed by atoms with van der Waals surface area (Å²) >= 11 is 0. The van der Waals surface area contributed by atoms with Gasteiger partial charge in [0.05, 0.1) is 0 Å². The van der Waals surface area contributed by atoms with Gasteiger partial charge in [0.25, 0.3) is 0 Å². The fourth-order valence-electron chi connectivity index (χ4n) is 2.45. The molecule has 0 heterocycles. The van der Waals surface area contributed by atoms with E-state index in [1.54, 1.807) is 13.8 Å². The van der Waals surface area contributed by atoms with Gasteiger partial charge in [-0.25, -0.2) is 0 Å². The number of anilines is 1. The van der Waals surface area contributed by atoms with Crippen molar-refractivity contribution in [3.8, 4) is 0 Å². The molecule has 2 N–H and O–H groups in total. The topological polar surface area (TPSA) is 58.2 Å². The molecule has 0 unspecified atom stereocenters. The Hall–Kier alpha value is -1.84. The van der Waals surface area contributed by atoms with Crippen LogP contribution in [0.4, 0.5) is 5.69 Å². The highest BCUT2D eigenvalue weighted by molar-refractivity contribution is 6.10. The Kier molecular flexibility index (Phi) is 6.37. The first-order valence-electron chi connectivity index (χ1n) is 8.23. The number of carbonyl (C=O) groups is 2. The van der Waals surface area contributed by atoms with E-state index in [-0.39, 0.29) is 11.8 Å². The maximum atomic E-state index is 12.6. The molecule has 0 spiro atoms. The Labute approximate surface area is 140 Å². The molecule has 23 heavy (non-hydrogen) atoms. The molecule has 0 fully saturated rings. The van der Waals surface area contributed by atoms with Gasteiger partial charge in [-0.2, -0.15) is 0 Å². The van der Waals surface area contributed by atoms with Crippen molar-refractivity contribution in [3.05, 3.63) is 28.8 Å². The number of hydrogen-bond donors (Lipinski definition) is 2. The summed E-state index contributed by atoms with van der Waals surface area (Å²) in [5.74, 6) is -0.00207. The highest BCUT2D eigenvalue weighted by Gasteiger charge is 2.36. The molecule has 2 amide bonds. The molecule has 4 nitrogen and oxygen atoms in total. The van der Waals surface area contributed by atoms with Gasteiger partial charge in [-0.15, -0.1) is 0 Å². The van der Waals surface area contributed by atoms with Crippen LogP contribution in [-0.2, 0) is 9.59 Å². The summed E-state index contributed by atoms with van der Waals surface area (Å²) in [4.78, 5) is 24.9. The average molecular weight is 318 g/mol. The van der Waals surface area contributed by atoms with Gasteiger partial charge < -0.3 is 10.6 Å². The number of rotatable bonds is 6. The van der Waals surface area contributed by atoms with E-state index in [9.17, 15) is 9.59 Å². The van der Waals surface area contributed by atoms with E-state index in [0.717, 1.165) is 28.8 Å². The summed E-state index contributed by atoms with van der Waals surface area (Å²) in [6, 6.07) is 4.05. The second-order valence-corrected chi connectivity index (χ2v) is 7.29. The van der Waals surface area contributed by atoms with E-state index >= 15 is 0 Å². The number of nitrogens with one attached hydrogen (secondary N) is 2. The normalized spacial score (nSPS) is 11.5. The highest BCUT2D eigenvalue weighted by atomic mass is 16.2. The third-order valence-electron chi connectivity index (χ3n) is 4.06. The molecule has 0 saturated heterocycles. The molecule has 1 aromatic carbocycles. The summed E-state index contributed by atoms with van der Waals surface area (Å²) in [5.41, 5.74) is 2.85. The molecule has 0 aliphatic rings. The van der Waals surface area contributed by atoms with Crippen molar-refractivity contribution >= 4 is 17.5 Å². The van der Waals surface area contributed by atoms with Gasteiger partial charge >= 0.3 is 0 Å². The predicted molar refractivity (Wildman–Crippen MR) is 95.5 cm³/mol. The Morgan fingerprint density at radius 3 is 2.04 bits per heavy atom. The molecule has 0 aliphatic carbocycles. The van der Waals surface area contributed by atoms with Crippen LogP contribution in [0.2, 0.25) is 0 Å². The van der Waals surface area contributed by atoms with Gasteiger partial charge in [-0.05, 0) is 58.1 Å². The van der Waals surface area contributed by atoms with Crippen LogP contribution in [0.1, 0.15) is 50.8 Å². The van der Waals surface area contributed by atoms with Crippen molar-refractivity contribution in [2.75, 3.05) is 11.9 Å². The largest absolute Gasteiger partial charge is 0.355 e. The average Bonchev–Trinajstić information content (AvgIpc) is 2.41. The summed E-state index contributed by atoms with van der Waals surface area (Å²) in [6.07, 6.45) is 0.902.